The predicted octanol–water partition coefficient (Wildman–Crippen LogP) is 2.08. The zero-order chi connectivity index (χ0) is 15.2. The normalized spacial score (nSPS) is 11.7. The Morgan fingerprint density at radius 1 is 1.38 bits per heavy atom. The molecule has 2 rings (SSSR count). The molecule has 1 aromatic carbocycles. The summed E-state index contributed by atoms with van der Waals surface area (Å²) in [5, 5.41) is 3.40. The van der Waals surface area contributed by atoms with Gasteiger partial charge in [-0.15, -0.1) is 6.58 Å². The molecular weight excluding hydrogens is 268 g/mol. The zero-order valence-electron chi connectivity index (χ0n) is 11.7. The summed E-state index contributed by atoms with van der Waals surface area (Å²) in [5.41, 5.74) is 1.20. The van der Waals surface area contributed by atoms with Gasteiger partial charge in [0.2, 0.25) is 0 Å². The van der Waals surface area contributed by atoms with E-state index in [4.69, 9.17) is 0 Å². The number of para-hydroxylation sites is 1. The van der Waals surface area contributed by atoms with E-state index < -0.39 is 12.0 Å². The summed E-state index contributed by atoms with van der Waals surface area (Å²) in [5.74, 6) is -0.840. The van der Waals surface area contributed by atoms with Crippen LogP contribution in [0, 0.1) is 0 Å². The van der Waals surface area contributed by atoms with Gasteiger partial charge in [-0.1, -0.05) is 24.3 Å². The fourth-order valence-corrected chi connectivity index (χ4v) is 2.05. The van der Waals surface area contributed by atoms with E-state index >= 15 is 0 Å². The molecule has 2 aromatic rings. The summed E-state index contributed by atoms with van der Waals surface area (Å²) in [6, 6.07) is 8.21. The van der Waals surface area contributed by atoms with E-state index in [-0.39, 0.29) is 5.91 Å². The second-order valence-electron chi connectivity index (χ2n) is 4.45. The number of pyridine rings is 1. The summed E-state index contributed by atoms with van der Waals surface area (Å²) < 4.78 is 4.68. The Morgan fingerprint density at radius 2 is 2.14 bits per heavy atom. The maximum atomic E-state index is 12.4. The van der Waals surface area contributed by atoms with Crippen molar-refractivity contribution >= 4 is 22.8 Å². The minimum Gasteiger partial charge on any atom is -0.467 e. The van der Waals surface area contributed by atoms with E-state index in [1.807, 2.05) is 24.3 Å². The van der Waals surface area contributed by atoms with E-state index in [2.05, 4.69) is 21.6 Å². The molecule has 0 saturated heterocycles. The fraction of sp³-hybridized carbons (Fsp3) is 0.188. The number of hydrogen-bond donors (Lipinski definition) is 1. The number of nitrogens with zero attached hydrogens (tertiary/aromatic N) is 1. The molecule has 0 unspecified atom stereocenters. The van der Waals surface area contributed by atoms with Crippen molar-refractivity contribution in [3.05, 3.63) is 54.7 Å². The number of methoxy groups -OCH3 is 1. The predicted molar refractivity (Wildman–Crippen MR) is 79.8 cm³/mol. The standard InChI is InChI=1S/C16H16N2O3/c1-3-6-14(16(20)21-2)18-15(19)12-9-10-17-13-8-5-4-7-11(12)13/h3-5,7-10,14H,1,6H2,2H3,(H,18,19)/t14-/m1/s1. The van der Waals surface area contributed by atoms with Crippen molar-refractivity contribution in [3.63, 3.8) is 0 Å². The Balaban J connectivity index is 2.29. The van der Waals surface area contributed by atoms with E-state index in [0.717, 1.165) is 10.9 Å². The number of nitrogens with one attached hydrogen (secondary N) is 1. The average molecular weight is 284 g/mol. The van der Waals surface area contributed by atoms with Crippen LogP contribution >= 0.6 is 0 Å². The highest BCUT2D eigenvalue weighted by Gasteiger charge is 2.21. The highest BCUT2D eigenvalue weighted by molar-refractivity contribution is 6.07. The van der Waals surface area contributed by atoms with Crippen molar-refractivity contribution in [2.75, 3.05) is 7.11 Å². The van der Waals surface area contributed by atoms with Gasteiger partial charge in [0, 0.05) is 11.6 Å². The zero-order valence-corrected chi connectivity index (χ0v) is 11.7. The highest BCUT2D eigenvalue weighted by Crippen LogP contribution is 2.16. The number of rotatable bonds is 5. The molecule has 0 aliphatic heterocycles. The number of fused-ring (bicyclic) bond motifs is 1. The summed E-state index contributed by atoms with van der Waals surface area (Å²) >= 11 is 0. The molecule has 1 amide bonds. The Hall–Kier alpha value is -2.69. The monoisotopic (exact) mass is 284 g/mol. The van der Waals surface area contributed by atoms with Crippen LogP contribution in [0.1, 0.15) is 16.8 Å². The van der Waals surface area contributed by atoms with Gasteiger partial charge in [-0.05, 0) is 18.6 Å². The van der Waals surface area contributed by atoms with Crippen LogP contribution in [0.5, 0.6) is 0 Å². The molecule has 0 aliphatic rings. The van der Waals surface area contributed by atoms with Gasteiger partial charge >= 0.3 is 5.97 Å². The molecule has 0 fully saturated rings. The van der Waals surface area contributed by atoms with E-state index in [0.29, 0.717) is 12.0 Å². The topological polar surface area (TPSA) is 68.3 Å². The lowest BCUT2D eigenvalue weighted by atomic mass is 10.1. The van der Waals surface area contributed by atoms with Gasteiger partial charge in [0.25, 0.3) is 5.91 Å². The first kappa shape index (κ1) is 14.7. The van der Waals surface area contributed by atoms with Gasteiger partial charge < -0.3 is 10.1 Å². The van der Waals surface area contributed by atoms with Crippen LogP contribution in [-0.4, -0.2) is 30.0 Å². The van der Waals surface area contributed by atoms with Crippen molar-refractivity contribution in [2.45, 2.75) is 12.5 Å². The summed E-state index contributed by atoms with van der Waals surface area (Å²) in [6.07, 6.45) is 3.44. The molecule has 1 heterocycles. The highest BCUT2D eigenvalue weighted by atomic mass is 16.5. The van der Waals surface area contributed by atoms with Gasteiger partial charge in [0.15, 0.2) is 0 Å². The van der Waals surface area contributed by atoms with Crippen LogP contribution < -0.4 is 5.32 Å². The van der Waals surface area contributed by atoms with Gasteiger partial charge in [0.05, 0.1) is 18.2 Å². The molecule has 5 heteroatoms. The quantitative estimate of drug-likeness (QED) is 0.674. The maximum absolute atomic E-state index is 12.4. The molecule has 0 bridgehead atoms. The van der Waals surface area contributed by atoms with Crippen molar-refractivity contribution in [1.82, 2.24) is 10.3 Å². The Bertz CT molecular complexity index is 677. The van der Waals surface area contributed by atoms with Crippen LogP contribution in [0.4, 0.5) is 0 Å². The third-order valence-corrected chi connectivity index (χ3v) is 3.09. The second-order valence-corrected chi connectivity index (χ2v) is 4.45. The first-order chi connectivity index (χ1) is 10.2. The number of hydrogen-bond acceptors (Lipinski definition) is 4. The summed E-state index contributed by atoms with van der Waals surface area (Å²) in [7, 11) is 1.28. The molecule has 21 heavy (non-hydrogen) atoms. The van der Waals surface area contributed by atoms with Crippen molar-refractivity contribution in [1.29, 1.82) is 0 Å². The lowest BCUT2D eigenvalue weighted by molar-refractivity contribution is -0.142. The molecule has 0 aliphatic carbocycles. The molecule has 108 valence electrons. The van der Waals surface area contributed by atoms with Gasteiger partial charge in [0.1, 0.15) is 6.04 Å². The van der Waals surface area contributed by atoms with Crippen molar-refractivity contribution in [3.8, 4) is 0 Å². The van der Waals surface area contributed by atoms with Gasteiger partial charge in [-0.25, -0.2) is 4.79 Å². The third-order valence-electron chi connectivity index (χ3n) is 3.09. The Labute approximate surface area is 122 Å². The fourth-order valence-electron chi connectivity index (χ4n) is 2.05. The second kappa shape index (κ2) is 6.65. The molecule has 5 nitrogen and oxygen atoms in total. The summed E-state index contributed by atoms with van der Waals surface area (Å²) in [4.78, 5) is 28.2. The van der Waals surface area contributed by atoms with E-state index in [1.165, 1.54) is 7.11 Å². The molecule has 1 aromatic heterocycles. The van der Waals surface area contributed by atoms with Crippen LogP contribution in [0.25, 0.3) is 10.9 Å². The number of ether oxygens (including phenoxy) is 1. The smallest absolute Gasteiger partial charge is 0.328 e. The first-order valence-corrected chi connectivity index (χ1v) is 6.50. The van der Waals surface area contributed by atoms with Crippen LogP contribution in [-0.2, 0) is 9.53 Å². The largest absolute Gasteiger partial charge is 0.467 e. The van der Waals surface area contributed by atoms with Crippen molar-refractivity contribution in [2.24, 2.45) is 0 Å². The van der Waals surface area contributed by atoms with Crippen LogP contribution in [0.15, 0.2) is 49.2 Å². The van der Waals surface area contributed by atoms with Gasteiger partial charge in [-0.2, -0.15) is 0 Å². The minimum absolute atomic E-state index is 0.307. The number of carbonyl (C=O) groups is 2. The third kappa shape index (κ3) is 3.25. The molecule has 0 saturated carbocycles. The lowest BCUT2D eigenvalue weighted by Gasteiger charge is -2.15. The van der Waals surface area contributed by atoms with Crippen molar-refractivity contribution < 1.29 is 14.3 Å². The number of esters is 1. The maximum Gasteiger partial charge on any atom is 0.328 e. The van der Waals surface area contributed by atoms with Gasteiger partial charge in [-0.3, -0.25) is 9.78 Å². The number of amides is 1. The van der Waals surface area contributed by atoms with Crippen LogP contribution in [0.2, 0.25) is 0 Å². The minimum atomic E-state index is -0.744. The molecule has 1 atom stereocenters. The first-order valence-electron chi connectivity index (χ1n) is 6.50. The van der Waals surface area contributed by atoms with E-state index in [9.17, 15) is 9.59 Å². The molecular formula is C16H16N2O3. The lowest BCUT2D eigenvalue weighted by Crippen LogP contribution is -2.41. The summed E-state index contributed by atoms with van der Waals surface area (Å²) in [6.45, 7) is 3.58. The molecule has 1 N–H and O–H groups in total. The Morgan fingerprint density at radius 3 is 2.86 bits per heavy atom. The SMILES string of the molecule is C=CC[C@@H](NC(=O)c1ccnc2ccccc12)C(=O)OC. The van der Waals surface area contributed by atoms with Crippen LogP contribution in [0.3, 0.4) is 0 Å². The van der Waals surface area contributed by atoms with E-state index in [1.54, 1.807) is 18.3 Å². The molecule has 0 spiro atoms. The average Bonchev–Trinajstić information content (AvgIpc) is 2.53. The number of aromatic nitrogens is 1. The number of benzene rings is 1. The Kier molecular flexibility index (Phi) is 4.66. The molecule has 0 radical (unpaired) electrons. The number of carbonyl (C=O) groups excluding carboxylic acids is 2.